The molecule has 0 aliphatic rings. The Kier molecular flexibility index (Phi) is 4.22. The molecule has 0 radical (unpaired) electrons. The second-order valence-corrected chi connectivity index (χ2v) is 4.71. The number of carbonyl (C=O) groups is 1. The Hall–Kier alpha value is -1.81. The van der Waals surface area contributed by atoms with Gasteiger partial charge in [0, 0.05) is 25.9 Å². The molecule has 4 heteroatoms. The summed E-state index contributed by atoms with van der Waals surface area (Å²) in [5.74, 6) is 0.347. The molecule has 4 nitrogen and oxygen atoms in total. The first-order chi connectivity index (χ1) is 9.11. The third-order valence-electron chi connectivity index (χ3n) is 3.28. The van der Waals surface area contributed by atoms with Crippen molar-refractivity contribution in [2.45, 2.75) is 20.3 Å². The summed E-state index contributed by atoms with van der Waals surface area (Å²) in [7, 11) is 2.10. The molecular weight excluding hydrogens is 240 g/mol. The van der Waals surface area contributed by atoms with E-state index in [2.05, 4.69) is 24.9 Å². The third-order valence-corrected chi connectivity index (χ3v) is 3.28. The lowest BCUT2D eigenvalue weighted by Crippen LogP contribution is -2.20. The summed E-state index contributed by atoms with van der Waals surface area (Å²) in [6.07, 6.45) is 4.91. The molecule has 0 saturated heterocycles. The van der Waals surface area contributed by atoms with E-state index in [9.17, 15) is 4.79 Å². The van der Waals surface area contributed by atoms with Crippen LogP contribution in [-0.2, 0) is 11.2 Å². The minimum absolute atomic E-state index is 0.286. The normalized spacial score (nSPS) is 11.2. The van der Waals surface area contributed by atoms with Crippen LogP contribution in [0.4, 0.5) is 0 Å². The SMILES string of the molecule is CCN(C)CCc1ccn2cccc(OC(C)=O)c12. The van der Waals surface area contributed by atoms with Gasteiger partial charge < -0.3 is 14.0 Å². The average Bonchev–Trinajstić information content (AvgIpc) is 2.79. The second kappa shape index (κ2) is 5.89. The molecule has 0 amide bonds. The van der Waals surface area contributed by atoms with Crippen LogP contribution in [-0.4, -0.2) is 35.4 Å². The minimum Gasteiger partial charge on any atom is -0.424 e. The maximum Gasteiger partial charge on any atom is 0.308 e. The number of ether oxygens (including phenoxy) is 1. The van der Waals surface area contributed by atoms with E-state index in [1.54, 1.807) is 0 Å². The van der Waals surface area contributed by atoms with Crippen molar-refractivity contribution in [3.05, 3.63) is 36.2 Å². The van der Waals surface area contributed by atoms with Crippen molar-refractivity contribution in [3.8, 4) is 5.75 Å². The third kappa shape index (κ3) is 3.15. The summed E-state index contributed by atoms with van der Waals surface area (Å²) >= 11 is 0. The van der Waals surface area contributed by atoms with Gasteiger partial charge in [0.2, 0.25) is 0 Å². The lowest BCUT2D eigenvalue weighted by Gasteiger charge is -2.13. The maximum atomic E-state index is 11.2. The van der Waals surface area contributed by atoms with Gasteiger partial charge in [-0.1, -0.05) is 6.92 Å². The molecule has 0 spiro atoms. The van der Waals surface area contributed by atoms with E-state index in [-0.39, 0.29) is 5.97 Å². The Balaban J connectivity index is 2.31. The summed E-state index contributed by atoms with van der Waals surface area (Å²) in [5.41, 5.74) is 2.19. The molecule has 2 rings (SSSR count). The molecule has 19 heavy (non-hydrogen) atoms. The number of aromatic nitrogens is 1. The summed E-state index contributed by atoms with van der Waals surface area (Å²) in [4.78, 5) is 13.4. The lowest BCUT2D eigenvalue weighted by molar-refractivity contribution is -0.131. The zero-order valence-corrected chi connectivity index (χ0v) is 11.7. The quantitative estimate of drug-likeness (QED) is 0.774. The lowest BCUT2D eigenvalue weighted by atomic mass is 10.2. The topological polar surface area (TPSA) is 34.0 Å². The standard InChI is InChI=1S/C15H20N2O2/c1-4-16(3)10-7-13-8-11-17-9-5-6-14(15(13)17)19-12(2)18/h5-6,8-9,11H,4,7,10H2,1-3H3. The molecular formula is C15H20N2O2. The van der Waals surface area contributed by atoms with Crippen molar-refractivity contribution in [2.75, 3.05) is 20.1 Å². The highest BCUT2D eigenvalue weighted by molar-refractivity contribution is 5.75. The highest BCUT2D eigenvalue weighted by atomic mass is 16.5. The second-order valence-electron chi connectivity index (χ2n) is 4.71. The summed E-state index contributed by atoms with van der Waals surface area (Å²) in [5, 5.41) is 0. The van der Waals surface area contributed by atoms with E-state index >= 15 is 0 Å². The van der Waals surface area contributed by atoms with Crippen LogP contribution in [0.25, 0.3) is 5.52 Å². The van der Waals surface area contributed by atoms with Crippen LogP contribution in [0.1, 0.15) is 19.4 Å². The fourth-order valence-corrected chi connectivity index (χ4v) is 2.11. The molecule has 0 bridgehead atoms. The van der Waals surface area contributed by atoms with Gasteiger partial charge in [-0.25, -0.2) is 0 Å². The molecule has 0 unspecified atom stereocenters. The summed E-state index contributed by atoms with van der Waals surface area (Å²) in [6, 6.07) is 5.81. The van der Waals surface area contributed by atoms with E-state index in [4.69, 9.17) is 4.74 Å². The average molecular weight is 260 g/mol. The van der Waals surface area contributed by atoms with Crippen molar-refractivity contribution in [1.29, 1.82) is 0 Å². The summed E-state index contributed by atoms with van der Waals surface area (Å²) < 4.78 is 7.29. The molecule has 2 aromatic heterocycles. The number of hydrogen-bond donors (Lipinski definition) is 0. The van der Waals surface area contributed by atoms with Gasteiger partial charge in [0.05, 0.1) is 5.52 Å². The van der Waals surface area contributed by atoms with Gasteiger partial charge in [-0.2, -0.15) is 0 Å². The number of rotatable bonds is 5. The zero-order chi connectivity index (χ0) is 13.8. The van der Waals surface area contributed by atoms with Crippen LogP contribution >= 0.6 is 0 Å². The number of fused-ring (bicyclic) bond motifs is 1. The van der Waals surface area contributed by atoms with Crippen molar-refractivity contribution in [3.63, 3.8) is 0 Å². The zero-order valence-electron chi connectivity index (χ0n) is 11.7. The first kappa shape index (κ1) is 13.6. The van der Waals surface area contributed by atoms with E-state index in [1.165, 1.54) is 12.5 Å². The minimum atomic E-state index is -0.286. The maximum absolute atomic E-state index is 11.2. The molecule has 0 aliphatic carbocycles. The van der Waals surface area contributed by atoms with E-state index in [1.807, 2.05) is 28.9 Å². The van der Waals surface area contributed by atoms with Crippen molar-refractivity contribution in [2.24, 2.45) is 0 Å². The van der Waals surface area contributed by atoms with Crippen LogP contribution in [0, 0.1) is 0 Å². The molecule has 0 fully saturated rings. The first-order valence-electron chi connectivity index (χ1n) is 6.57. The number of hydrogen-bond acceptors (Lipinski definition) is 3. The monoisotopic (exact) mass is 260 g/mol. The van der Waals surface area contributed by atoms with Gasteiger partial charge in [0.25, 0.3) is 0 Å². The molecule has 0 atom stereocenters. The molecule has 0 N–H and O–H groups in total. The van der Waals surface area contributed by atoms with Crippen LogP contribution in [0.5, 0.6) is 5.75 Å². The Morgan fingerprint density at radius 2 is 2.16 bits per heavy atom. The number of nitrogens with zero attached hydrogens (tertiary/aromatic N) is 2. The van der Waals surface area contributed by atoms with Gasteiger partial charge in [0.1, 0.15) is 0 Å². The van der Waals surface area contributed by atoms with Crippen molar-refractivity contribution < 1.29 is 9.53 Å². The Labute approximate surface area is 113 Å². The largest absolute Gasteiger partial charge is 0.424 e. The van der Waals surface area contributed by atoms with E-state index < -0.39 is 0 Å². The van der Waals surface area contributed by atoms with Gasteiger partial charge in [-0.3, -0.25) is 4.79 Å². The van der Waals surface area contributed by atoms with E-state index in [0.29, 0.717) is 5.75 Å². The molecule has 2 heterocycles. The molecule has 0 saturated carbocycles. The Morgan fingerprint density at radius 1 is 1.37 bits per heavy atom. The molecule has 0 aliphatic heterocycles. The Bertz CT molecular complexity index is 575. The Morgan fingerprint density at radius 3 is 2.84 bits per heavy atom. The number of carbonyl (C=O) groups excluding carboxylic acids is 1. The smallest absolute Gasteiger partial charge is 0.308 e. The van der Waals surface area contributed by atoms with Crippen molar-refractivity contribution in [1.82, 2.24) is 9.30 Å². The fourth-order valence-electron chi connectivity index (χ4n) is 2.11. The number of esters is 1. The molecule has 0 aromatic carbocycles. The highest BCUT2D eigenvalue weighted by Crippen LogP contribution is 2.25. The molecule has 2 aromatic rings. The van der Waals surface area contributed by atoms with Crippen LogP contribution < -0.4 is 4.74 Å². The van der Waals surface area contributed by atoms with Gasteiger partial charge in [-0.05, 0) is 43.8 Å². The van der Waals surface area contributed by atoms with Gasteiger partial charge in [-0.15, -0.1) is 0 Å². The van der Waals surface area contributed by atoms with E-state index in [0.717, 1.165) is 25.0 Å². The van der Waals surface area contributed by atoms with Crippen LogP contribution in [0.3, 0.4) is 0 Å². The highest BCUT2D eigenvalue weighted by Gasteiger charge is 2.10. The summed E-state index contributed by atoms with van der Waals surface area (Å²) in [6.45, 7) is 5.59. The predicted molar refractivity (Wildman–Crippen MR) is 75.6 cm³/mol. The van der Waals surface area contributed by atoms with Gasteiger partial charge in [0.15, 0.2) is 5.75 Å². The first-order valence-corrected chi connectivity index (χ1v) is 6.57. The van der Waals surface area contributed by atoms with Gasteiger partial charge >= 0.3 is 5.97 Å². The fraction of sp³-hybridized carbons (Fsp3) is 0.400. The number of likely N-dealkylation sites (N-methyl/N-ethyl adjacent to an activating group) is 1. The molecule has 102 valence electrons. The predicted octanol–water partition coefficient (Wildman–Crippen LogP) is 2.36. The number of pyridine rings is 1. The van der Waals surface area contributed by atoms with Crippen LogP contribution in [0.15, 0.2) is 30.6 Å². The van der Waals surface area contributed by atoms with Crippen LogP contribution in [0.2, 0.25) is 0 Å². The van der Waals surface area contributed by atoms with Crippen molar-refractivity contribution >= 4 is 11.5 Å².